The molecule has 1 atom stereocenters. The molecule has 0 aliphatic carbocycles. The van der Waals surface area contributed by atoms with E-state index in [-0.39, 0.29) is 5.56 Å². The molecule has 0 saturated heterocycles. The molecular formula is C9H10FN3O. The number of aliphatic hydroxyl groups excluding tert-OH is 1. The number of hydrogen-bond donors (Lipinski definition) is 1. The predicted octanol–water partition coefficient (Wildman–Crippen LogP) is 2.48. The van der Waals surface area contributed by atoms with Gasteiger partial charge >= 0.3 is 0 Å². The van der Waals surface area contributed by atoms with E-state index < -0.39 is 18.5 Å². The number of azide groups is 1. The van der Waals surface area contributed by atoms with Gasteiger partial charge in [-0.3, -0.25) is 0 Å². The number of rotatable bonds is 3. The summed E-state index contributed by atoms with van der Waals surface area (Å²) in [5.74, 6) is -0.432. The van der Waals surface area contributed by atoms with E-state index in [4.69, 9.17) is 10.6 Å². The Morgan fingerprint density at radius 2 is 2.36 bits per heavy atom. The number of nitrogens with zero attached hydrogens (tertiary/aromatic N) is 3. The van der Waals surface area contributed by atoms with E-state index in [0.29, 0.717) is 5.56 Å². The molecule has 1 rings (SSSR count). The summed E-state index contributed by atoms with van der Waals surface area (Å²) in [5, 5.41) is 12.2. The zero-order chi connectivity index (χ0) is 10.6. The van der Waals surface area contributed by atoms with Gasteiger partial charge in [-0.15, -0.1) is 0 Å². The summed E-state index contributed by atoms with van der Waals surface area (Å²) in [6.45, 7) is 1.22. The third kappa shape index (κ3) is 2.02. The normalized spacial score (nSPS) is 11.9. The Balaban J connectivity index is 3.16. The minimum absolute atomic E-state index is 0.227. The standard InChI is InChI=1S/C9H10FN3O/c1-6-3-2-4-7(9(6)10)8(5-14)12-13-11/h2-4,8,14H,5H2,1H3. The Bertz CT molecular complexity index is 374. The molecule has 0 fully saturated rings. The van der Waals surface area contributed by atoms with E-state index in [0.717, 1.165) is 0 Å². The van der Waals surface area contributed by atoms with Crippen molar-refractivity contribution in [1.29, 1.82) is 0 Å². The van der Waals surface area contributed by atoms with Crippen LogP contribution in [0.15, 0.2) is 23.3 Å². The van der Waals surface area contributed by atoms with Crippen molar-refractivity contribution in [3.8, 4) is 0 Å². The number of benzene rings is 1. The molecule has 5 heteroatoms. The summed E-state index contributed by atoms with van der Waals surface area (Å²) in [5.41, 5.74) is 8.91. The van der Waals surface area contributed by atoms with Crippen LogP contribution in [-0.4, -0.2) is 11.7 Å². The van der Waals surface area contributed by atoms with Gasteiger partial charge in [-0.25, -0.2) is 4.39 Å². The summed E-state index contributed by atoms with van der Waals surface area (Å²) in [6, 6.07) is 3.92. The number of aliphatic hydroxyl groups is 1. The van der Waals surface area contributed by atoms with Gasteiger partial charge in [0.25, 0.3) is 0 Å². The van der Waals surface area contributed by atoms with Crippen molar-refractivity contribution >= 4 is 0 Å². The van der Waals surface area contributed by atoms with Crippen LogP contribution in [0, 0.1) is 12.7 Å². The molecule has 14 heavy (non-hydrogen) atoms. The van der Waals surface area contributed by atoms with Gasteiger partial charge in [0, 0.05) is 4.91 Å². The molecule has 0 saturated carbocycles. The Hall–Kier alpha value is -1.58. The number of hydrogen-bond acceptors (Lipinski definition) is 2. The Kier molecular flexibility index (Phi) is 3.45. The van der Waals surface area contributed by atoms with Crippen LogP contribution < -0.4 is 0 Å². The molecule has 0 aromatic heterocycles. The van der Waals surface area contributed by atoms with E-state index >= 15 is 0 Å². The van der Waals surface area contributed by atoms with Crippen LogP contribution in [0.2, 0.25) is 0 Å². The molecule has 74 valence electrons. The van der Waals surface area contributed by atoms with Crippen molar-refractivity contribution in [2.24, 2.45) is 5.11 Å². The summed E-state index contributed by atoms with van der Waals surface area (Å²) in [4.78, 5) is 2.55. The molecular weight excluding hydrogens is 185 g/mol. The predicted molar refractivity (Wildman–Crippen MR) is 50.1 cm³/mol. The minimum Gasteiger partial charge on any atom is -0.396 e. The maximum atomic E-state index is 13.5. The van der Waals surface area contributed by atoms with Crippen molar-refractivity contribution in [3.05, 3.63) is 45.6 Å². The van der Waals surface area contributed by atoms with Crippen LogP contribution in [0.3, 0.4) is 0 Å². The quantitative estimate of drug-likeness (QED) is 0.449. The van der Waals surface area contributed by atoms with Crippen LogP contribution in [0.25, 0.3) is 10.4 Å². The molecule has 0 spiro atoms. The molecule has 0 bridgehead atoms. The second kappa shape index (κ2) is 4.60. The molecule has 0 amide bonds. The lowest BCUT2D eigenvalue weighted by Gasteiger charge is -2.10. The minimum atomic E-state index is -0.847. The fourth-order valence-corrected chi connectivity index (χ4v) is 1.19. The maximum absolute atomic E-state index is 13.5. The molecule has 0 radical (unpaired) electrons. The zero-order valence-electron chi connectivity index (χ0n) is 7.68. The fraction of sp³-hybridized carbons (Fsp3) is 0.333. The molecule has 1 aromatic rings. The maximum Gasteiger partial charge on any atom is 0.129 e. The van der Waals surface area contributed by atoms with Crippen molar-refractivity contribution in [2.75, 3.05) is 6.61 Å². The Morgan fingerprint density at radius 1 is 1.64 bits per heavy atom. The van der Waals surface area contributed by atoms with Gasteiger partial charge in [0.1, 0.15) is 5.82 Å². The van der Waals surface area contributed by atoms with E-state index in [1.807, 2.05) is 0 Å². The third-order valence-corrected chi connectivity index (χ3v) is 1.94. The van der Waals surface area contributed by atoms with Gasteiger partial charge < -0.3 is 5.11 Å². The van der Waals surface area contributed by atoms with Crippen LogP contribution in [-0.2, 0) is 0 Å². The zero-order valence-corrected chi connectivity index (χ0v) is 7.68. The van der Waals surface area contributed by atoms with Gasteiger partial charge in [0.05, 0.1) is 12.6 Å². The highest BCUT2D eigenvalue weighted by molar-refractivity contribution is 5.27. The lowest BCUT2D eigenvalue weighted by atomic mass is 10.0. The molecule has 0 heterocycles. The SMILES string of the molecule is Cc1cccc(C(CO)N=[N+]=[N-])c1F. The highest BCUT2D eigenvalue weighted by Gasteiger charge is 2.13. The summed E-state index contributed by atoms with van der Waals surface area (Å²) >= 11 is 0. The second-order valence-electron chi connectivity index (χ2n) is 2.88. The van der Waals surface area contributed by atoms with Gasteiger partial charge in [0.15, 0.2) is 0 Å². The topological polar surface area (TPSA) is 69.0 Å². The van der Waals surface area contributed by atoms with E-state index in [1.54, 1.807) is 19.1 Å². The van der Waals surface area contributed by atoms with Crippen LogP contribution in [0.1, 0.15) is 17.2 Å². The Labute approximate surface area is 80.6 Å². The summed E-state index contributed by atoms with van der Waals surface area (Å²) < 4.78 is 13.5. The largest absolute Gasteiger partial charge is 0.396 e. The first-order valence-electron chi connectivity index (χ1n) is 4.10. The lowest BCUT2D eigenvalue weighted by Crippen LogP contribution is -2.03. The van der Waals surface area contributed by atoms with E-state index in [1.165, 1.54) is 6.07 Å². The fourth-order valence-electron chi connectivity index (χ4n) is 1.19. The first kappa shape index (κ1) is 10.5. The second-order valence-corrected chi connectivity index (χ2v) is 2.88. The van der Waals surface area contributed by atoms with Crippen molar-refractivity contribution < 1.29 is 9.50 Å². The van der Waals surface area contributed by atoms with Gasteiger partial charge in [-0.1, -0.05) is 23.3 Å². The van der Waals surface area contributed by atoms with Crippen molar-refractivity contribution in [3.63, 3.8) is 0 Å². The van der Waals surface area contributed by atoms with Crippen molar-refractivity contribution in [2.45, 2.75) is 13.0 Å². The van der Waals surface area contributed by atoms with E-state index in [9.17, 15) is 4.39 Å². The lowest BCUT2D eigenvalue weighted by molar-refractivity contribution is 0.265. The first-order valence-corrected chi connectivity index (χ1v) is 4.10. The number of halogens is 1. The smallest absolute Gasteiger partial charge is 0.129 e. The molecule has 1 N–H and O–H groups in total. The molecule has 1 aromatic carbocycles. The molecule has 1 unspecified atom stereocenters. The Morgan fingerprint density at radius 3 is 2.93 bits per heavy atom. The van der Waals surface area contributed by atoms with Gasteiger partial charge in [0.2, 0.25) is 0 Å². The monoisotopic (exact) mass is 195 g/mol. The number of aryl methyl sites for hydroxylation is 1. The van der Waals surface area contributed by atoms with Gasteiger partial charge in [-0.05, 0) is 23.6 Å². The summed E-state index contributed by atoms with van der Waals surface area (Å²) in [7, 11) is 0. The first-order chi connectivity index (χ1) is 6.70. The summed E-state index contributed by atoms with van der Waals surface area (Å²) in [6.07, 6.45) is 0. The van der Waals surface area contributed by atoms with Gasteiger partial charge in [-0.2, -0.15) is 0 Å². The van der Waals surface area contributed by atoms with E-state index in [2.05, 4.69) is 10.0 Å². The average Bonchev–Trinajstić information content (AvgIpc) is 2.19. The van der Waals surface area contributed by atoms with Crippen LogP contribution in [0.4, 0.5) is 4.39 Å². The molecule has 0 aliphatic heterocycles. The average molecular weight is 195 g/mol. The highest BCUT2D eigenvalue weighted by atomic mass is 19.1. The van der Waals surface area contributed by atoms with Crippen molar-refractivity contribution in [1.82, 2.24) is 0 Å². The molecule has 4 nitrogen and oxygen atoms in total. The third-order valence-electron chi connectivity index (χ3n) is 1.94. The van der Waals surface area contributed by atoms with Crippen LogP contribution in [0.5, 0.6) is 0 Å². The van der Waals surface area contributed by atoms with Crippen LogP contribution >= 0.6 is 0 Å². The molecule has 0 aliphatic rings. The highest BCUT2D eigenvalue weighted by Crippen LogP contribution is 2.22.